The van der Waals surface area contributed by atoms with Crippen LogP contribution in [0.2, 0.25) is 0 Å². The van der Waals surface area contributed by atoms with Crippen molar-refractivity contribution in [3.63, 3.8) is 0 Å². The van der Waals surface area contributed by atoms with Crippen LogP contribution in [-0.4, -0.2) is 17.9 Å². The zero-order chi connectivity index (χ0) is 8.53. The van der Waals surface area contributed by atoms with Crippen LogP contribution in [0.25, 0.3) is 0 Å². The summed E-state index contributed by atoms with van der Waals surface area (Å²) in [6.45, 7) is 2.17. The molecule has 0 aliphatic carbocycles. The van der Waals surface area contributed by atoms with Crippen LogP contribution in [0.5, 0.6) is 0 Å². The van der Waals surface area contributed by atoms with Gasteiger partial charge in [0.25, 0.3) is 0 Å². The number of unbranched alkanes of at least 4 members (excludes halogenated alkanes) is 4. The molecule has 0 rings (SSSR count). The van der Waals surface area contributed by atoms with Gasteiger partial charge in [0.1, 0.15) is 0 Å². The third-order valence-electron chi connectivity index (χ3n) is 1.55. The Balaban J connectivity index is 2.89. The molecule has 0 bridgehead atoms. The molecule has 0 amide bonds. The van der Waals surface area contributed by atoms with E-state index in [0.717, 1.165) is 12.8 Å². The van der Waals surface area contributed by atoms with E-state index in [2.05, 4.69) is 12.0 Å². The average Bonchev–Trinajstić information content (AvgIpc) is 2.04. The van der Waals surface area contributed by atoms with Gasteiger partial charge in [0.05, 0.1) is 0 Å². The van der Waals surface area contributed by atoms with Gasteiger partial charge in [0, 0.05) is 0 Å². The third kappa shape index (κ3) is 7.92. The number of hydrogen-bond donors (Lipinski definition) is 2. The minimum atomic E-state index is -0.878. The molecule has 0 aliphatic heterocycles. The van der Waals surface area contributed by atoms with Crippen LogP contribution in [0.15, 0.2) is 0 Å². The Kier molecular flexibility index (Phi) is 5.64. The molecule has 0 spiro atoms. The van der Waals surface area contributed by atoms with Gasteiger partial charge in [-0.3, -0.25) is 0 Å². The molecule has 1 atom stereocenters. The van der Waals surface area contributed by atoms with Crippen LogP contribution in [0.4, 0.5) is 0 Å². The predicted molar refractivity (Wildman–Crippen MR) is 41.6 cm³/mol. The first kappa shape index (κ1) is 8.02. The maximum absolute atomic E-state index is 8.80. The summed E-state index contributed by atoms with van der Waals surface area (Å²) in [5.74, 6) is 0. The van der Waals surface area contributed by atoms with Gasteiger partial charge >= 0.3 is 0 Å². The van der Waals surface area contributed by atoms with Crippen molar-refractivity contribution >= 4 is 0 Å². The molecular formula is C8H18O2. The van der Waals surface area contributed by atoms with E-state index in [1.54, 1.807) is 0 Å². The summed E-state index contributed by atoms with van der Waals surface area (Å²) < 4.78 is 6.38. The van der Waals surface area contributed by atoms with E-state index >= 15 is 0 Å². The topological polar surface area (TPSA) is 40.5 Å². The SMILES string of the molecule is [2H]OC(O)CCCCCCC. The summed E-state index contributed by atoms with van der Waals surface area (Å²) in [7, 11) is 0. The van der Waals surface area contributed by atoms with Crippen molar-refractivity contribution in [2.24, 2.45) is 0 Å². The molecule has 2 heteroatoms. The maximum Gasteiger partial charge on any atom is 0.213 e. The summed E-state index contributed by atoms with van der Waals surface area (Å²) in [5, 5.41) is 12.8. The molecule has 0 aromatic rings. The first-order chi connectivity index (χ1) is 5.31. The quantitative estimate of drug-likeness (QED) is 0.424. The maximum atomic E-state index is 8.80. The van der Waals surface area contributed by atoms with E-state index in [9.17, 15) is 0 Å². The lowest BCUT2D eigenvalue weighted by Crippen LogP contribution is -2.02. The van der Waals surface area contributed by atoms with Crippen LogP contribution in [0.3, 0.4) is 0 Å². The van der Waals surface area contributed by atoms with Crippen molar-refractivity contribution in [3.05, 3.63) is 0 Å². The van der Waals surface area contributed by atoms with E-state index < -0.39 is 6.29 Å². The molecule has 0 aliphatic rings. The van der Waals surface area contributed by atoms with Crippen molar-refractivity contribution in [1.29, 1.82) is 1.43 Å². The zero-order valence-corrected chi connectivity index (χ0v) is 6.68. The van der Waals surface area contributed by atoms with Gasteiger partial charge in [0.15, 0.2) is 6.29 Å². The molecule has 0 aromatic heterocycles. The summed E-state index contributed by atoms with van der Waals surface area (Å²) in [6.07, 6.45) is 5.52. The smallest absolute Gasteiger partial charge is 0.213 e. The highest BCUT2D eigenvalue weighted by molar-refractivity contribution is 4.44. The fourth-order valence-corrected chi connectivity index (χ4v) is 0.923. The van der Waals surface area contributed by atoms with E-state index in [4.69, 9.17) is 6.54 Å². The summed E-state index contributed by atoms with van der Waals surface area (Å²) in [5.41, 5.74) is 0. The lowest BCUT2D eigenvalue weighted by atomic mass is 10.1. The van der Waals surface area contributed by atoms with Crippen molar-refractivity contribution < 1.29 is 10.2 Å². The highest BCUT2D eigenvalue weighted by Gasteiger charge is 1.95. The van der Waals surface area contributed by atoms with Crippen LogP contribution in [0, 0.1) is 0 Å². The average molecular weight is 147 g/mol. The Labute approximate surface area is 64.4 Å². The molecule has 62 valence electrons. The molecule has 0 radical (unpaired) electrons. The van der Waals surface area contributed by atoms with Gasteiger partial charge in [-0.05, 0) is 12.8 Å². The number of aliphatic hydroxyl groups is 2. The normalized spacial score (nSPS) is 14.8. The molecule has 2 N–H and O–H groups in total. The zero-order valence-electron chi connectivity index (χ0n) is 7.68. The first-order valence-electron chi connectivity index (χ1n) is 4.52. The number of rotatable bonds is 7. The predicted octanol–water partition coefficient (Wildman–Crippen LogP) is 1.66. The van der Waals surface area contributed by atoms with Gasteiger partial charge in [-0.25, -0.2) is 0 Å². The second-order valence-corrected chi connectivity index (χ2v) is 2.66. The second kappa shape index (κ2) is 7.03. The minimum Gasteiger partial charge on any atom is -0.368 e. The highest BCUT2D eigenvalue weighted by atomic mass is 16.5. The summed E-state index contributed by atoms with van der Waals surface area (Å²) >= 11 is 0. The van der Waals surface area contributed by atoms with Gasteiger partial charge in [-0.2, -0.15) is 0 Å². The van der Waals surface area contributed by atoms with Gasteiger partial charge in [-0.1, -0.05) is 32.6 Å². The van der Waals surface area contributed by atoms with Crippen molar-refractivity contribution in [1.82, 2.24) is 0 Å². The molecule has 2 nitrogen and oxygen atoms in total. The third-order valence-corrected chi connectivity index (χ3v) is 1.55. The van der Waals surface area contributed by atoms with Crippen molar-refractivity contribution in [3.8, 4) is 0 Å². The molecule has 0 fully saturated rings. The molecular weight excluding hydrogens is 128 g/mol. The molecule has 10 heavy (non-hydrogen) atoms. The summed E-state index contributed by atoms with van der Waals surface area (Å²) in [6, 6.07) is 0. The minimum absolute atomic E-state index is 0.590. The Morgan fingerprint density at radius 2 is 2.00 bits per heavy atom. The molecule has 1 unspecified atom stereocenters. The van der Waals surface area contributed by atoms with E-state index in [-0.39, 0.29) is 0 Å². The fraction of sp³-hybridized carbons (Fsp3) is 1.00. The monoisotopic (exact) mass is 147 g/mol. The van der Waals surface area contributed by atoms with Gasteiger partial charge in [0.2, 0.25) is 1.43 Å². The standard InChI is InChI=1S/C8H18O2/c1-2-3-4-5-6-7-8(9)10/h8-10H,2-7H2,1H3/i9D. The number of hydrogen-bond acceptors (Lipinski definition) is 2. The first-order valence-corrected chi connectivity index (χ1v) is 4.11. The van der Waals surface area contributed by atoms with E-state index in [0.29, 0.717) is 6.42 Å². The Morgan fingerprint density at radius 3 is 2.60 bits per heavy atom. The van der Waals surface area contributed by atoms with Gasteiger partial charge < -0.3 is 10.2 Å². The molecule has 0 saturated carbocycles. The van der Waals surface area contributed by atoms with Gasteiger partial charge in [-0.15, -0.1) is 0 Å². The van der Waals surface area contributed by atoms with Crippen molar-refractivity contribution in [2.75, 3.05) is 0 Å². The Bertz CT molecular complexity index is 78.5. The summed E-state index contributed by atoms with van der Waals surface area (Å²) in [4.78, 5) is 0. The second-order valence-electron chi connectivity index (χ2n) is 2.66. The van der Waals surface area contributed by atoms with E-state index in [1.165, 1.54) is 19.3 Å². The Morgan fingerprint density at radius 1 is 1.30 bits per heavy atom. The van der Waals surface area contributed by atoms with Crippen LogP contribution >= 0.6 is 0 Å². The van der Waals surface area contributed by atoms with Crippen LogP contribution in [0.1, 0.15) is 45.4 Å². The number of aliphatic hydroxyl groups excluding tert-OH is 1. The van der Waals surface area contributed by atoms with E-state index in [1.807, 2.05) is 0 Å². The lowest BCUT2D eigenvalue weighted by Gasteiger charge is -2.01. The van der Waals surface area contributed by atoms with Crippen LogP contribution < -0.4 is 0 Å². The highest BCUT2D eigenvalue weighted by Crippen LogP contribution is 2.05. The lowest BCUT2D eigenvalue weighted by molar-refractivity contribution is -0.0465. The molecule has 0 heterocycles. The van der Waals surface area contributed by atoms with Crippen molar-refractivity contribution in [2.45, 2.75) is 51.7 Å². The Hall–Kier alpha value is -0.0800. The fourth-order valence-electron chi connectivity index (χ4n) is 0.923. The largest absolute Gasteiger partial charge is 0.368 e. The molecule has 0 aromatic carbocycles. The molecule has 0 saturated heterocycles. The van der Waals surface area contributed by atoms with Crippen LogP contribution in [-0.2, 0) is 0 Å².